The Kier molecular flexibility index (Phi) is 4.35. The summed E-state index contributed by atoms with van der Waals surface area (Å²) >= 11 is 0. The summed E-state index contributed by atoms with van der Waals surface area (Å²) in [4.78, 5) is 3.87. The maximum absolute atomic E-state index is 9.08. The molecule has 1 rings (SSSR count). The van der Waals surface area contributed by atoms with Crippen LogP contribution < -0.4 is 14.9 Å². The van der Waals surface area contributed by atoms with E-state index in [4.69, 9.17) is 24.3 Å². The van der Waals surface area contributed by atoms with Crippen LogP contribution in [-0.4, -0.2) is 43.2 Å². The molecule has 7 heteroatoms. The van der Waals surface area contributed by atoms with Gasteiger partial charge in [0.2, 0.25) is 5.88 Å². The molecule has 2 N–H and O–H groups in total. The van der Waals surface area contributed by atoms with Crippen LogP contribution in [0, 0.1) is 0 Å². The van der Waals surface area contributed by atoms with Crippen molar-refractivity contribution in [2.75, 3.05) is 21.0 Å². The van der Waals surface area contributed by atoms with Gasteiger partial charge in [0.25, 0.3) is 0 Å². The van der Waals surface area contributed by atoms with Crippen molar-refractivity contribution in [2.24, 2.45) is 0 Å². The van der Waals surface area contributed by atoms with Crippen LogP contribution in [0.3, 0.4) is 0 Å². The summed E-state index contributed by atoms with van der Waals surface area (Å²) in [7, 11) is 1.26. The fourth-order valence-corrected chi connectivity index (χ4v) is 0.995. The Morgan fingerprint density at radius 2 is 2.13 bits per heavy atom. The van der Waals surface area contributed by atoms with Crippen LogP contribution in [0.15, 0.2) is 12.3 Å². The first kappa shape index (κ1) is 11.8. The van der Waals surface area contributed by atoms with E-state index in [0.29, 0.717) is 0 Å². The van der Waals surface area contributed by atoms with Gasteiger partial charge in [0, 0.05) is 18.6 Å². The van der Waals surface area contributed by atoms with Crippen LogP contribution in [0.4, 0.5) is 0 Å². The molecule has 0 atom stereocenters. The highest BCUT2D eigenvalue weighted by Crippen LogP contribution is 2.11. The Bertz CT molecular complexity index is 320. The first-order valence-corrected chi connectivity index (χ1v) is 4.20. The fourth-order valence-electron chi connectivity index (χ4n) is 0.995. The number of rotatable bonds is 5. The van der Waals surface area contributed by atoms with Crippen molar-refractivity contribution in [1.29, 1.82) is 0 Å². The fraction of sp³-hybridized carbons (Fsp3) is 0.375. The largest absolute Gasteiger partial charge is 0.492 e. The van der Waals surface area contributed by atoms with Crippen LogP contribution in [-0.2, 0) is 4.74 Å². The van der Waals surface area contributed by atoms with Crippen LogP contribution in [0.1, 0.15) is 0 Å². The number of aromatic nitrogens is 1. The van der Waals surface area contributed by atoms with Crippen LogP contribution in [0.5, 0.6) is 11.6 Å². The van der Waals surface area contributed by atoms with Gasteiger partial charge >= 0.3 is 7.12 Å². The molecule has 0 aliphatic carbocycles. The van der Waals surface area contributed by atoms with Gasteiger partial charge in [0.15, 0.2) is 6.79 Å². The number of hydrogen-bond acceptors (Lipinski definition) is 6. The molecule has 0 aliphatic rings. The van der Waals surface area contributed by atoms with Crippen LogP contribution >= 0.6 is 0 Å². The molecule has 0 bridgehead atoms. The molecular weight excluding hydrogens is 201 g/mol. The van der Waals surface area contributed by atoms with Gasteiger partial charge < -0.3 is 24.3 Å². The first-order valence-electron chi connectivity index (χ1n) is 4.20. The maximum atomic E-state index is 9.08. The minimum absolute atomic E-state index is 0.00767. The highest BCUT2D eigenvalue weighted by Gasteiger charge is 2.18. The Balaban J connectivity index is 2.93. The predicted octanol–water partition coefficient (Wildman–Crippen LogP) is -1.25. The van der Waals surface area contributed by atoms with E-state index < -0.39 is 7.12 Å². The van der Waals surface area contributed by atoms with Gasteiger partial charge in [0.05, 0.1) is 13.3 Å². The van der Waals surface area contributed by atoms with Gasteiger partial charge in [-0.05, 0) is 0 Å². The molecule has 0 fully saturated rings. The summed E-state index contributed by atoms with van der Waals surface area (Å²) in [6.45, 7) is 0.00767. The van der Waals surface area contributed by atoms with Gasteiger partial charge in [-0.1, -0.05) is 0 Å². The third kappa shape index (κ3) is 3.09. The lowest BCUT2D eigenvalue weighted by Gasteiger charge is -2.10. The highest BCUT2D eigenvalue weighted by atomic mass is 16.7. The van der Waals surface area contributed by atoms with E-state index in [0.717, 1.165) is 0 Å². The topological polar surface area (TPSA) is 81.0 Å². The standard InChI is InChI=1S/C8H12BNO5/c1-13-5-15-7-4-10-8(14-2)3-6(7)9(11)12/h3-4,11-12H,5H2,1-2H3. The molecule has 0 saturated heterocycles. The van der Waals surface area contributed by atoms with Crippen molar-refractivity contribution in [3.05, 3.63) is 12.3 Å². The second-order valence-corrected chi connectivity index (χ2v) is 2.69. The molecule has 1 aromatic heterocycles. The summed E-state index contributed by atoms with van der Waals surface area (Å²) in [6, 6.07) is 1.38. The lowest BCUT2D eigenvalue weighted by molar-refractivity contribution is 0.0514. The van der Waals surface area contributed by atoms with Crippen LogP contribution in [0.2, 0.25) is 0 Å². The van der Waals surface area contributed by atoms with Crippen molar-refractivity contribution < 1.29 is 24.3 Å². The van der Waals surface area contributed by atoms with Gasteiger partial charge in [-0.2, -0.15) is 0 Å². The molecule has 0 aliphatic heterocycles. The van der Waals surface area contributed by atoms with Crippen molar-refractivity contribution in [3.63, 3.8) is 0 Å². The van der Waals surface area contributed by atoms with Crippen molar-refractivity contribution in [3.8, 4) is 11.6 Å². The Labute approximate surface area is 87.6 Å². The lowest BCUT2D eigenvalue weighted by Crippen LogP contribution is -2.32. The Morgan fingerprint density at radius 3 is 2.67 bits per heavy atom. The van der Waals surface area contributed by atoms with E-state index in [9.17, 15) is 0 Å². The zero-order valence-corrected chi connectivity index (χ0v) is 8.51. The molecule has 1 heterocycles. The predicted molar refractivity (Wildman–Crippen MR) is 53.1 cm³/mol. The van der Waals surface area contributed by atoms with Crippen LogP contribution in [0.25, 0.3) is 0 Å². The zero-order chi connectivity index (χ0) is 11.3. The van der Waals surface area contributed by atoms with E-state index >= 15 is 0 Å². The molecule has 0 aromatic carbocycles. The van der Waals surface area contributed by atoms with Gasteiger partial charge in [-0.25, -0.2) is 4.98 Å². The lowest BCUT2D eigenvalue weighted by atomic mass is 9.80. The normalized spacial score (nSPS) is 9.87. The van der Waals surface area contributed by atoms with E-state index in [2.05, 4.69) is 4.98 Å². The quantitative estimate of drug-likeness (QED) is 0.470. The summed E-state index contributed by atoms with van der Waals surface area (Å²) in [5, 5.41) is 18.2. The van der Waals surface area contributed by atoms with E-state index in [-0.39, 0.29) is 23.9 Å². The second-order valence-electron chi connectivity index (χ2n) is 2.69. The Hall–Kier alpha value is -1.31. The molecule has 0 saturated carbocycles. The highest BCUT2D eigenvalue weighted by molar-refractivity contribution is 6.59. The summed E-state index contributed by atoms with van der Waals surface area (Å²) < 4.78 is 14.6. The number of ether oxygens (including phenoxy) is 3. The smallest absolute Gasteiger partial charge is 0.481 e. The SMILES string of the molecule is COCOc1cnc(OC)cc1B(O)O. The van der Waals surface area contributed by atoms with E-state index in [1.807, 2.05) is 0 Å². The van der Waals surface area contributed by atoms with Crippen molar-refractivity contribution in [1.82, 2.24) is 4.98 Å². The summed E-state index contributed by atoms with van der Waals surface area (Å²) in [5.41, 5.74) is 0.180. The number of nitrogens with zero attached hydrogens (tertiary/aromatic N) is 1. The zero-order valence-electron chi connectivity index (χ0n) is 8.51. The minimum atomic E-state index is -1.64. The maximum Gasteiger partial charge on any atom is 0.492 e. The third-order valence-electron chi connectivity index (χ3n) is 1.69. The molecule has 0 amide bonds. The van der Waals surface area contributed by atoms with E-state index in [1.165, 1.54) is 26.5 Å². The monoisotopic (exact) mass is 213 g/mol. The van der Waals surface area contributed by atoms with Gasteiger partial charge in [0.1, 0.15) is 5.75 Å². The molecule has 0 spiro atoms. The summed E-state index contributed by atoms with van der Waals surface area (Å²) in [6.07, 6.45) is 1.34. The van der Waals surface area contributed by atoms with E-state index in [1.54, 1.807) is 0 Å². The molecule has 6 nitrogen and oxygen atoms in total. The average molecular weight is 213 g/mol. The Morgan fingerprint density at radius 1 is 1.40 bits per heavy atom. The molecule has 82 valence electrons. The van der Waals surface area contributed by atoms with Gasteiger partial charge in [-0.15, -0.1) is 0 Å². The number of hydrogen-bond donors (Lipinski definition) is 2. The van der Waals surface area contributed by atoms with Crippen molar-refractivity contribution >= 4 is 12.6 Å². The first-order chi connectivity index (χ1) is 7.19. The second kappa shape index (κ2) is 5.55. The number of pyridine rings is 1. The average Bonchev–Trinajstić information content (AvgIpc) is 2.26. The molecular formula is C8H12BNO5. The molecule has 0 radical (unpaired) electrons. The minimum Gasteiger partial charge on any atom is -0.481 e. The molecule has 1 aromatic rings. The molecule has 0 unspecified atom stereocenters. The number of methoxy groups -OCH3 is 2. The van der Waals surface area contributed by atoms with Gasteiger partial charge in [-0.3, -0.25) is 0 Å². The van der Waals surface area contributed by atoms with Crippen molar-refractivity contribution in [2.45, 2.75) is 0 Å². The molecule has 15 heavy (non-hydrogen) atoms. The third-order valence-corrected chi connectivity index (χ3v) is 1.69. The summed E-state index contributed by atoms with van der Waals surface area (Å²) in [5.74, 6) is 0.524.